The van der Waals surface area contributed by atoms with Crippen LogP contribution in [0.4, 0.5) is 4.39 Å². The van der Waals surface area contributed by atoms with Gasteiger partial charge in [0.05, 0.1) is 10.0 Å². The molecule has 2 nitrogen and oxygen atoms in total. The zero-order valence-electron chi connectivity index (χ0n) is 9.49. The van der Waals surface area contributed by atoms with Gasteiger partial charge in [-0.3, -0.25) is 0 Å². The van der Waals surface area contributed by atoms with Crippen molar-refractivity contribution in [2.24, 2.45) is 5.73 Å². The van der Waals surface area contributed by atoms with Gasteiger partial charge in [-0.1, -0.05) is 34.2 Å². The van der Waals surface area contributed by atoms with Gasteiger partial charge in [-0.05, 0) is 46.3 Å². The van der Waals surface area contributed by atoms with Gasteiger partial charge in [0.25, 0.3) is 0 Å². The molecular weight excluding hydrogens is 397 g/mol. The van der Waals surface area contributed by atoms with Crippen LogP contribution in [0.25, 0.3) is 0 Å². The highest BCUT2D eigenvalue weighted by Gasteiger charge is 2.14. The van der Waals surface area contributed by atoms with Crippen molar-refractivity contribution in [3.63, 3.8) is 0 Å². The lowest BCUT2D eigenvalue weighted by molar-refractivity contribution is 0.472. The average Bonchev–Trinajstić information content (AvgIpc) is 2.32. The molecule has 0 spiro atoms. The standard InChI is InChI=1S/C13H8Br2FNOS/c14-7-4-5-10(8(15)6-7)18-11-3-1-2-9(16)12(11)13(17)19/h1-6H,(H2,17,19). The van der Waals surface area contributed by atoms with Crippen molar-refractivity contribution in [2.75, 3.05) is 0 Å². The van der Waals surface area contributed by atoms with Crippen molar-refractivity contribution in [3.05, 3.63) is 56.7 Å². The lowest BCUT2D eigenvalue weighted by atomic mass is 10.2. The number of rotatable bonds is 3. The first-order chi connectivity index (χ1) is 8.99. The maximum Gasteiger partial charge on any atom is 0.141 e. The van der Waals surface area contributed by atoms with Crippen molar-refractivity contribution in [1.29, 1.82) is 0 Å². The topological polar surface area (TPSA) is 35.2 Å². The fourth-order valence-corrected chi connectivity index (χ4v) is 2.83. The first-order valence-electron chi connectivity index (χ1n) is 5.20. The number of benzene rings is 2. The minimum absolute atomic E-state index is 0.0404. The van der Waals surface area contributed by atoms with Gasteiger partial charge in [0.2, 0.25) is 0 Å². The number of halogens is 3. The predicted molar refractivity (Wildman–Crippen MR) is 84.2 cm³/mol. The van der Waals surface area contributed by atoms with E-state index in [2.05, 4.69) is 31.9 Å². The van der Waals surface area contributed by atoms with Crippen molar-refractivity contribution in [2.45, 2.75) is 0 Å². The molecule has 0 aliphatic carbocycles. The van der Waals surface area contributed by atoms with Crippen LogP contribution >= 0.6 is 44.1 Å². The van der Waals surface area contributed by atoms with Gasteiger partial charge in [0.1, 0.15) is 22.3 Å². The van der Waals surface area contributed by atoms with Crippen molar-refractivity contribution < 1.29 is 9.13 Å². The minimum atomic E-state index is -0.502. The summed E-state index contributed by atoms with van der Waals surface area (Å²) in [4.78, 5) is -0.0404. The Morgan fingerprint density at radius 2 is 1.89 bits per heavy atom. The van der Waals surface area contributed by atoms with Gasteiger partial charge < -0.3 is 10.5 Å². The van der Waals surface area contributed by atoms with Crippen LogP contribution < -0.4 is 10.5 Å². The maximum atomic E-state index is 13.7. The van der Waals surface area contributed by atoms with Crippen molar-refractivity contribution in [1.82, 2.24) is 0 Å². The van der Waals surface area contributed by atoms with E-state index < -0.39 is 5.82 Å². The SMILES string of the molecule is NC(=S)c1c(F)cccc1Oc1ccc(Br)cc1Br. The molecule has 19 heavy (non-hydrogen) atoms. The number of ether oxygens (including phenoxy) is 1. The molecule has 0 aliphatic heterocycles. The Kier molecular flexibility index (Phi) is 4.54. The van der Waals surface area contributed by atoms with Gasteiger partial charge in [-0.2, -0.15) is 0 Å². The van der Waals surface area contributed by atoms with Gasteiger partial charge in [-0.25, -0.2) is 4.39 Å². The smallest absolute Gasteiger partial charge is 0.141 e. The Bertz CT molecular complexity index is 649. The second kappa shape index (κ2) is 5.98. The average molecular weight is 405 g/mol. The summed E-state index contributed by atoms with van der Waals surface area (Å²) in [6.45, 7) is 0. The highest BCUT2D eigenvalue weighted by molar-refractivity contribution is 9.11. The first-order valence-corrected chi connectivity index (χ1v) is 7.19. The van der Waals surface area contributed by atoms with Gasteiger partial charge in [0, 0.05) is 4.47 Å². The normalized spacial score (nSPS) is 10.3. The number of hydrogen-bond donors (Lipinski definition) is 1. The summed E-state index contributed by atoms with van der Waals surface area (Å²) in [7, 11) is 0. The van der Waals surface area contributed by atoms with Crippen molar-refractivity contribution >= 4 is 49.1 Å². The molecule has 0 aliphatic rings. The van der Waals surface area contributed by atoms with E-state index in [0.717, 1.165) is 8.95 Å². The highest BCUT2D eigenvalue weighted by Crippen LogP contribution is 2.34. The predicted octanol–water partition coefficient (Wildman–Crippen LogP) is 4.78. The van der Waals surface area contributed by atoms with E-state index in [-0.39, 0.29) is 16.3 Å². The Balaban J connectivity index is 2.44. The van der Waals surface area contributed by atoms with Crippen LogP contribution in [-0.2, 0) is 0 Å². The van der Waals surface area contributed by atoms with E-state index in [4.69, 9.17) is 22.7 Å². The third kappa shape index (κ3) is 3.32. The van der Waals surface area contributed by atoms with E-state index in [1.165, 1.54) is 6.07 Å². The molecule has 0 radical (unpaired) electrons. The summed E-state index contributed by atoms with van der Waals surface area (Å²) < 4.78 is 21.0. The second-order valence-corrected chi connectivity index (χ2v) is 5.86. The number of thiocarbonyl (C=S) groups is 1. The molecular formula is C13H8Br2FNOS. The first kappa shape index (κ1) is 14.4. The molecule has 98 valence electrons. The Morgan fingerprint density at radius 1 is 1.16 bits per heavy atom. The second-order valence-electron chi connectivity index (χ2n) is 3.65. The summed E-state index contributed by atoms with van der Waals surface area (Å²) in [5.74, 6) is 0.333. The molecule has 0 bridgehead atoms. The molecule has 0 amide bonds. The quantitative estimate of drug-likeness (QED) is 0.747. The van der Waals surface area contributed by atoms with E-state index >= 15 is 0 Å². The summed E-state index contributed by atoms with van der Waals surface area (Å²) in [5.41, 5.74) is 5.63. The third-order valence-corrected chi connectivity index (χ3v) is 3.65. The molecule has 2 N–H and O–H groups in total. The van der Waals surface area contributed by atoms with Crippen molar-refractivity contribution in [3.8, 4) is 11.5 Å². The van der Waals surface area contributed by atoms with Crippen LogP contribution in [0.1, 0.15) is 5.56 Å². The van der Waals surface area contributed by atoms with E-state index in [1.54, 1.807) is 18.2 Å². The molecule has 0 fully saturated rings. The van der Waals surface area contributed by atoms with E-state index in [9.17, 15) is 4.39 Å². The fourth-order valence-electron chi connectivity index (χ4n) is 1.50. The van der Waals surface area contributed by atoms with E-state index in [0.29, 0.717) is 5.75 Å². The number of nitrogens with two attached hydrogens (primary N) is 1. The molecule has 0 atom stereocenters. The molecule has 6 heteroatoms. The molecule has 0 aromatic heterocycles. The summed E-state index contributed by atoms with van der Waals surface area (Å²) in [5, 5.41) is 0. The summed E-state index contributed by atoms with van der Waals surface area (Å²) in [6, 6.07) is 9.85. The van der Waals surface area contributed by atoms with Crippen LogP contribution in [0.2, 0.25) is 0 Å². The largest absolute Gasteiger partial charge is 0.455 e. The van der Waals surface area contributed by atoms with Gasteiger partial charge >= 0.3 is 0 Å². The van der Waals surface area contributed by atoms with Gasteiger partial charge in [0.15, 0.2) is 0 Å². The minimum Gasteiger partial charge on any atom is -0.455 e. The zero-order valence-corrected chi connectivity index (χ0v) is 13.5. The molecule has 0 saturated heterocycles. The van der Waals surface area contributed by atoms with Crippen LogP contribution in [0.15, 0.2) is 45.3 Å². The van der Waals surface area contributed by atoms with Crippen LogP contribution in [0.5, 0.6) is 11.5 Å². The Morgan fingerprint density at radius 3 is 2.53 bits per heavy atom. The molecule has 2 rings (SSSR count). The van der Waals surface area contributed by atoms with Crippen LogP contribution in [0, 0.1) is 5.82 Å². The third-order valence-electron chi connectivity index (χ3n) is 2.34. The highest BCUT2D eigenvalue weighted by atomic mass is 79.9. The number of hydrogen-bond acceptors (Lipinski definition) is 2. The lowest BCUT2D eigenvalue weighted by Crippen LogP contribution is -2.13. The summed E-state index contributed by atoms with van der Waals surface area (Å²) >= 11 is 11.6. The Hall–Kier alpha value is -0.980. The van der Waals surface area contributed by atoms with Crippen LogP contribution in [-0.4, -0.2) is 4.99 Å². The molecule has 2 aromatic carbocycles. The molecule has 0 heterocycles. The van der Waals surface area contributed by atoms with Gasteiger partial charge in [-0.15, -0.1) is 0 Å². The molecule has 0 unspecified atom stereocenters. The molecule has 2 aromatic rings. The summed E-state index contributed by atoms with van der Waals surface area (Å²) in [6.07, 6.45) is 0. The Labute approximate surface area is 132 Å². The zero-order chi connectivity index (χ0) is 14.0. The fraction of sp³-hybridized carbons (Fsp3) is 0. The lowest BCUT2D eigenvalue weighted by Gasteiger charge is -2.12. The maximum absolute atomic E-state index is 13.7. The molecule has 0 saturated carbocycles. The van der Waals surface area contributed by atoms with Crippen LogP contribution in [0.3, 0.4) is 0 Å². The van der Waals surface area contributed by atoms with E-state index in [1.807, 2.05) is 12.1 Å². The monoisotopic (exact) mass is 403 g/mol.